The Balaban J connectivity index is 1.51. The average Bonchev–Trinajstić information content (AvgIpc) is 3.02. The molecule has 0 fully saturated rings. The van der Waals surface area contributed by atoms with Gasteiger partial charge in [0.15, 0.2) is 17.1 Å². The van der Waals surface area contributed by atoms with Gasteiger partial charge in [0.2, 0.25) is 5.91 Å². The second-order valence-electron chi connectivity index (χ2n) is 6.20. The van der Waals surface area contributed by atoms with E-state index in [1.807, 2.05) is 0 Å². The van der Waals surface area contributed by atoms with Gasteiger partial charge in [0.05, 0.1) is 12.6 Å². The average molecular weight is 406 g/mol. The van der Waals surface area contributed by atoms with Gasteiger partial charge in [0, 0.05) is 19.5 Å². The molecule has 0 saturated heterocycles. The van der Waals surface area contributed by atoms with Crippen LogP contribution in [0.1, 0.15) is 12.0 Å². The largest absolute Gasteiger partial charge is 0.493 e. The van der Waals surface area contributed by atoms with Gasteiger partial charge in [-0.15, -0.1) is 0 Å². The van der Waals surface area contributed by atoms with Crippen molar-refractivity contribution in [2.45, 2.75) is 26.0 Å². The van der Waals surface area contributed by atoms with Gasteiger partial charge in [0.25, 0.3) is 0 Å². The van der Waals surface area contributed by atoms with Crippen molar-refractivity contribution in [2.24, 2.45) is 0 Å². The number of nitrogens with zero attached hydrogens (tertiary/aromatic N) is 1. The maximum Gasteiger partial charge on any atom is 0.419 e. The Morgan fingerprint density at radius 1 is 1.21 bits per heavy atom. The Morgan fingerprint density at radius 3 is 2.76 bits per heavy atom. The first kappa shape index (κ1) is 20.4. The van der Waals surface area contributed by atoms with Crippen LogP contribution < -0.4 is 20.5 Å². The molecule has 0 aliphatic heterocycles. The molecule has 0 bridgehead atoms. The monoisotopic (exact) mass is 406 g/mol. The minimum Gasteiger partial charge on any atom is -0.493 e. The number of alkyl halides is 2. The first-order valence-corrected chi connectivity index (χ1v) is 8.94. The summed E-state index contributed by atoms with van der Waals surface area (Å²) in [6, 6.07) is 11.6. The number of halogens is 2. The minimum absolute atomic E-state index is 0.0481. The highest BCUT2D eigenvalue weighted by atomic mass is 19.3. The van der Waals surface area contributed by atoms with E-state index in [2.05, 4.69) is 10.1 Å². The number of hydrogen-bond acceptors (Lipinski definition) is 5. The van der Waals surface area contributed by atoms with Crippen molar-refractivity contribution in [1.29, 1.82) is 0 Å². The molecule has 0 unspecified atom stereocenters. The third-order valence-electron chi connectivity index (χ3n) is 4.32. The highest BCUT2D eigenvalue weighted by molar-refractivity contribution is 5.76. The smallest absolute Gasteiger partial charge is 0.419 e. The number of oxazole rings is 1. The van der Waals surface area contributed by atoms with E-state index >= 15 is 0 Å². The number of hydrogen-bond donors (Lipinski definition) is 1. The number of amides is 1. The molecule has 1 aromatic heterocycles. The summed E-state index contributed by atoms with van der Waals surface area (Å²) in [4.78, 5) is 24.0. The van der Waals surface area contributed by atoms with Crippen LogP contribution >= 0.6 is 0 Å². The molecule has 3 rings (SSSR count). The van der Waals surface area contributed by atoms with E-state index in [9.17, 15) is 18.4 Å². The maximum atomic E-state index is 12.4. The van der Waals surface area contributed by atoms with Crippen LogP contribution in [0.2, 0.25) is 0 Å². The number of carbonyl (C=O) groups is 1. The number of methoxy groups -OCH3 is 1. The number of ether oxygens (including phenoxy) is 2. The molecule has 3 aromatic rings. The van der Waals surface area contributed by atoms with Gasteiger partial charge in [-0.25, -0.2) is 4.79 Å². The van der Waals surface area contributed by atoms with E-state index in [4.69, 9.17) is 9.15 Å². The zero-order valence-electron chi connectivity index (χ0n) is 15.7. The van der Waals surface area contributed by atoms with Crippen molar-refractivity contribution in [3.05, 3.63) is 58.6 Å². The SMILES string of the molecule is COc1cc(CCNC(=O)CCn2c(=O)oc3ccccc32)ccc1OC(F)F. The molecule has 0 atom stereocenters. The van der Waals surface area contributed by atoms with Gasteiger partial charge >= 0.3 is 12.4 Å². The number of aryl methyl sites for hydroxylation is 1. The highest BCUT2D eigenvalue weighted by Crippen LogP contribution is 2.29. The number of carbonyl (C=O) groups excluding carboxylic acids is 1. The summed E-state index contributed by atoms with van der Waals surface area (Å²) in [5.74, 6) is -0.572. The van der Waals surface area contributed by atoms with Crippen LogP contribution in [0.15, 0.2) is 51.7 Å². The van der Waals surface area contributed by atoms with Crippen LogP contribution in [0, 0.1) is 0 Å². The third-order valence-corrected chi connectivity index (χ3v) is 4.32. The topological polar surface area (TPSA) is 82.7 Å². The lowest BCUT2D eigenvalue weighted by Gasteiger charge is -2.11. The molecule has 29 heavy (non-hydrogen) atoms. The summed E-state index contributed by atoms with van der Waals surface area (Å²) in [5, 5.41) is 2.77. The third kappa shape index (κ3) is 5.13. The fraction of sp³-hybridized carbons (Fsp3) is 0.300. The fourth-order valence-electron chi connectivity index (χ4n) is 2.93. The summed E-state index contributed by atoms with van der Waals surface area (Å²) in [6.07, 6.45) is 0.597. The molecule has 1 heterocycles. The Labute approximate surface area is 164 Å². The van der Waals surface area contributed by atoms with Gasteiger partial charge < -0.3 is 19.2 Å². The molecule has 0 spiro atoms. The Bertz CT molecular complexity index is 1040. The molecule has 1 amide bonds. The van der Waals surface area contributed by atoms with E-state index in [0.29, 0.717) is 24.1 Å². The second-order valence-corrected chi connectivity index (χ2v) is 6.20. The van der Waals surface area contributed by atoms with Gasteiger partial charge in [0.1, 0.15) is 0 Å². The Hall–Kier alpha value is -3.36. The summed E-state index contributed by atoms with van der Waals surface area (Å²) in [6.45, 7) is -2.39. The molecule has 0 aliphatic rings. The maximum absolute atomic E-state index is 12.4. The molecule has 9 heteroatoms. The van der Waals surface area contributed by atoms with Crippen molar-refractivity contribution in [2.75, 3.05) is 13.7 Å². The second kappa shape index (κ2) is 9.22. The summed E-state index contributed by atoms with van der Waals surface area (Å²) >= 11 is 0. The van der Waals surface area contributed by atoms with E-state index in [0.717, 1.165) is 5.56 Å². The van der Waals surface area contributed by atoms with Crippen LogP contribution in [-0.4, -0.2) is 30.7 Å². The van der Waals surface area contributed by atoms with E-state index in [1.54, 1.807) is 36.4 Å². The highest BCUT2D eigenvalue weighted by Gasteiger charge is 2.12. The lowest BCUT2D eigenvalue weighted by atomic mass is 10.1. The predicted molar refractivity (Wildman–Crippen MR) is 101 cm³/mol. The standard InChI is InChI=1S/C20H20F2N2O5/c1-27-17-12-13(6-7-16(17)28-19(21)22)8-10-23-18(25)9-11-24-14-4-2-3-5-15(14)29-20(24)26/h2-7,12,19H,8-11H2,1H3,(H,23,25). The lowest BCUT2D eigenvalue weighted by Crippen LogP contribution is -2.27. The quantitative estimate of drug-likeness (QED) is 0.591. The first-order valence-electron chi connectivity index (χ1n) is 8.94. The number of para-hydroxylation sites is 2. The molecule has 1 N–H and O–H groups in total. The Kier molecular flexibility index (Phi) is 6.48. The number of benzene rings is 2. The number of rotatable bonds is 9. The van der Waals surface area contributed by atoms with Gasteiger partial charge in [-0.1, -0.05) is 18.2 Å². The van der Waals surface area contributed by atoms with Crippen molar-refractivity contribution >= 4 is 17.0 Å². The number of fused-ring (bicyclic) bond motifs is 1. The van der Waals surface area contributed by atoms with E-state index < -0.39 is 12.4 Å². The van der Waals surface area contributed by atoms with Gasteiger partial charge in [-0.2, -0.15) is 8.78 Å². The summed E-state index contributed by atoms with van der Waals surface area (Å²) < 4.78 is 40.7. The first-order chi connectivity index (χ1) is 14.0. The predicted octanol–water partition coefficient (Wildman–Crippen LogP) is 2.95. The molecule has 7 nitrogen and oxygen atoms in total. The van der Waals surface area contributed by atoms with Crippen LogP contribution in [0.25, 0.3) is 11.1 Å². The number of aromatic nitrogens is 1. The number of nitrogens with one attached hydrogen (secondary N) is 1. The van der Waals surface area contributed by atoms with Crippen molar-refractivity contribution in [1.82, 2.24) is 9.88 Å². The molecular weight excluding hydrogens is 386 g/mol. The van der Waals surface area contributed by atoms with Crippen LogP contribution in [0.5, 0.6) is 11.5 Å². The molecular formula is C20H20F2N2O5. The summed E-state index contributed by atoms with van der Waals surface area (Å²) in [5.41, 5.74) is 1.91. The zero-order chi connectivity index (χ0) is 20.8. The van der Waals surface area contributed by atoms with Crippen LogP contribution in [0.4, 0.5) is 8.78 Å². The van der Waals surface area contributed by atoms with Crippen molar-refractivity contribution < 1.29 is 27.5 Å². The summed E-state index contributed by atoms with van der Waals surface area (Å²) in [7, 11) is 1.36. The van der Waals surface area contributed by atoms with Crippen molar-refractivity contribution in [3.8, 4) is 11.5 Å². The normalized spacial score (nSPS) is 11.0. The van der Waals surface area contributed by atoms with Crippen LogP contribution in [0.3, 0.4) is 0 Å². The lowest BCUT2D eigenvalue weighted by molar-refractivity contribution is -0.121. The zero-order valence-corrected chi connectivity index (χ0v) is 15.7. The van der Waals surface area contributed by atoms with Gasteiger partial charge in [-0.3, -0.25) is 9.36 Å². The van der Waals surface area contributed by atoms with E-state index in [1.165, 1.54) is 17.7 Å². The molecule has 2 aromatic carbocycles. The van der Waals surface area contributed by atoms with E-state index in [-0.39, 0.29) is 30.4 Å². The molecule has 0 aliphatic carbocycles. The van der Waals surface area contributed by atoms with Gasteiger partial charge in [-0.05, 0) is 36.2 Å². The minimum atomic E-state index is -2.94. The van der Waals surface area contributed by atoms with Crippen molar-refractivity contribution in [3.63, 3.8) is 0 Å². The molecule has 0 saturated carbocycles. The molecule has 0 radical (unpaired) electrons. The van der Waals surface area contributed by atoms with Crippen LogP contribution in [-0.2, 0) is 17.8 Å². The molecule has 154 valence electrons. The fourth-order valence-corrected chi connectivity index (χ4v) is 2.93. The Morgan fingerprint density at radius 2 is 2.00 bits per heavy atom.